The van der Waals surface area contributed by atoms with Gasteiger partial charge in [0.1, 0.15) is 11.5 Å². The summed E-state index contributed by atoms with van der Waals surface area (Å²) in [4.78, 5) is 0. The molecule has 0 bridgehead atoms. The molecule has 0 aliphatic carbocycles. The highest BCUT2D eigenvalue weighted by Gasteiger charge is 2.12. The van der Waals surface area contributed by atoms with E-state index in [2.05, 4.69) is 36.8 Å². The van der Waals surface area contributed by atoms with E-state index >= 15 is 0 Å². The van der Waals surface area contributed by atoms with Gasteiger partial charge in [0.05, 0.1) is 6.54 Å². The SMILES string of the molecule is CC(C)NCc1nnnn1-c1cc(Br)ccc1F. The van der Waals surface area contributed by atoms with Gasteiger partial charge in [-0.25, -0.2) is 4.39 Å². The second-order valence-corrected chi connectivity index (χ2v) is 5.05. The van der Waals surface area contributed by atoms with Gasteiger partial charge in [-0.15, -0.1) is 5.10 Å². The number of nitrogens with zero attached hydrogens (tertiary/aromatic N) is 4. The van der Waals surface area contributed by atoms with Crippen molar-refractivity contribution in [1.82, 2.24) is 25.5 Å². The second-order valence-electron chi connectivity index (χ2n) is 4.14. The Bertz CT molecular complexity index is 540. The third-order valence-corrected chi connectivity index (χ3v) is 2.83. The van der Waals surface area contributed by atoms with E-state index in [0.29, 0.717) is 24.1 Å². The molecule has 5 nitrogen and oxygen atoms in total. The van der Waals surface area contributed by atoms with Crippen LogP contribution in [0.4, 0.5) is 4.39 Å². The van der Waals surface area contributed by atoms with E-state index in [4.69, 9.17) is 0 Å². The van der Waals surface area contributed by atoms with Crippen LogP contribution in [0.3, 0.4) is 0 Å². The minimum absolute atomic E-state index is 0.308. The van der Waals surface area contributed by atoms with Crippen molar-refractivity contribution in [3.8, 4) is 5.69 Å². The van der Waals surface area contributed by atoms with E-state index in [1.54, 1.807) is 12.1 Å². The first-order valence-corrected chi connectivity index (χ1v) is 6.33. The molecule has 0 unspecified atom stereocenters. The highest BCUT2D eigenvalue weighted by atomic mass is 79.9. The van der Waals surface area contributed by atoms with Crippen molar-refractivity contribution in [1.29, 1.82) is 0 Å². The summed E-state index contributed by atoms with van der Waals surface area (Å²) in [5, 5.41) is 14.5. The third-order valence-electron chi connectivity index (χ3n) is 2.34. The van der Waals surface area contributed by atoms with Crippen molar-refractivity contribution in [3.63, 3.8) is 0 Å². The molecule has 0 saturated heterocycles. The lowest BCUT2D eigenvalue weighted by Gasteiger charge is -2.09. The largest absolute Gasteiger partial charge is 0.308 e. The molecule has 1 aromatic carbocycles. The average Bonchev–Trinajstić information content (AvgIpc) is 2.77. The van der Waals surface area contributed by atoms with Crippen LogP contribution in [0, 0.1) is 5.82 Å². The molecule has 18 heavy (non-hydrogen) atoms. The number of rotatable bonds is 4. The minimum Gasteiger partial charge on any atom is -0.308 e. The Morgan fingerprint density at radius 1 is 1.44 bits per heavy atom. The standard InChI is InChI=1S/C11H13BrFN5/c1-7(2)14-6-11-15-16-17-18(11)10-5-8(12)3-4-9(10)13/h3-5,7,14H,6H2,1-2H3. The molecule has 0 aliphatic heterocycles. The Labute approximate surface area is 113 Å². The maximum Gasteiger partial charge on any atom is 0.170 e. The number of aromatic nitrogens is 4. The molecule has 1 N–H and O–H groups in total. The number of hydrogen-bond acceptors (Lipinski definition) is 4. The van der Waals surface area contributed by atoms with Gasteiger partial charge in [0.25, 0.3) is 0 Å². The van der Waals surface area contributed by atoms with E-state index in [0.717, 1.165) is 4.47 Å². The lowest BCUT2D eigenvalue weighted by molar-refractivity contribution is 0.555. The zero-order valence-electron chi connectivity index (χ0n) is 10.1. The number of benzene rings is 1. The summed E-state index contributed by atoms with van der Waals surface area (Å²) in [6, 6.07) is 4.96. The average molecular weight is 314 g/mol. The van der Waals surface area contributed by atoms with Gasteiger partial charge in [-0.2, -0.15) is 4.68 Å². The molecule has 0 radical (unpaired) electrons. The topological polar surface area (TPSA) is 55.6 Å². The van der Waals surface area contributed by atoms with Gasteiger partial charge < -0.3 is 5.32 Å². The Balaban J connectivity index is 2.33. The summed E-state index contributed by atoms with van der Waals surface area (Å²) < 4.78 is 15.9. The van der Waals surface area contributed by atoms with E-state index < -0.39 is 0 Å². The van der Waals surface area contributed by atoms with E-state index in [1.165, 1.54) is 10.7 Å². The van der Waals surface area contributed by atoms with E-state index in [1.807, 2.05) is 13.8 Å². The predicted octanol–water partition coefficient (Wildman–Crippen LogP) is 2.06. The molecule has 0 amide bonds. The van der Waals surface area contributed by atoms with Crippen molar-refractivity contribution in [2.45, 2.75) is 26.4 Å². The van der Waals surface area contributed by atoms with Gasteiger partial charge in [0.2, 0.25) is 0 Å². The van der Waals surface area contributed by atoms with Gasteiger partial charge in [0, 0.05) is 10.5 Å². The van der Waals surface area contributed by atoms with Crippen LogP contribution in [0.25, 0.3) is 5.69 Å². The molecule has 96 valence electrons. The van der Waals surface area contributed by atoms with Crippen molar-refractivity contribution in [2.75, 3.05) is 0 Å². The summed E-state index contributed by atoms with van der Waals surface area (Å²) >= 11 is 3.30. The van der Waals surface area contributed by atoms with Crippen molar-refractivity contribution < 1.29 is 4.39 Å². The molecule has 0 atom stereocenters. The van der Waals surface area contributed by atoms with Crippen LogP contribution in [0.5, 0.6) is 0 Å². The molecular weight excluding hydrogens is 301 g/mol. The Morgan fingerprint density at radius 3 is 2.94 bits per heavy atom. The number of tetrazole rings is 1. The van der Waals surface area contributed by atoms with Crippen molar-refractivity contribution in [2.24, 2.45) is 0 Å². The Kier molecular flexibility index (Phi) is 4.03. The normalized spacial score (nSPS) is 11.2. The maximum absolute atomic E-state index is 13.8. The fourth-order valence-corrected chi connectivity index (χ4v) is 1.80. The highest BCUT2D eigenvalue weighted by Crippen LogP contribution is 2.19. The first kappa shape index (κ1) is 13.1. The van der Waals surface area contributed by atoms with Crippen LogP contribution in [0.2, 0.25) is 0 Å². The van der Waals surface area contributed by atoms with Crippen LogP contribution in [0.15, 0.2) is 22.7 Å². The molecule has 7 heteroatoms. The van der Waals surface area contributed by atoms with Gasteiger partial charge in [-0.05, 0) is 28.6 Å². The van der Waals surface area contributed by atoms with Crippen LogP contribution < -0.4 is 5.32 Å². The van der Waals surface area contributed by atoms with Gasteiger partial charge in [0.15, 0.2) is 5.82 Å². The fourth-order valence-electron chi connectivity index (χ4n) is 1.45. The monoisotopic (exact) mass is 313 g/mol. The molecule has 1 heterocycles. The van der Waals surface area contributed by atoms with Gasteiger partial charge in [-0.3, -0.25) is 0 Å². The Hall–Kier alpha value is -1.34. The summed E-state index contributed by atoms with van der Waals surface area (Å²) in [6.45, 7) is 4.53. The van der Waals surface area contributed by atoms with Gasteiger partial charge in [-0.1, -0.05) is 29.8 Å². The highest BCUT2D eigenvalue weighted by molar-refractivity contribution is 9.10. The smallest absolute Gasteiger partial charge is 0.170 e. The molecule has 0 aliphatic rings. The lowest BCUT2D eigenvalue weighted by atomic mass is 10.3. The second kappa shape index (κ2) is 5.53. The number of halogens is 2. The van der Waals surface area contributed by atoms with Crippen LogP contribution >= 0.6 is 15.9 Å². The molecule has 0 spiro atoms. The molecular formula is C11H13BrFN5. The first-order valence-electron chi connectivity index (χ1n) is 5.54. The van der Waals surface area contributed by atoms with Crippen LogP contribution in [0.1, 0.15) is 19.7 Å². The summed E-state index contributed by atoms with van der Waals surface area (Å²) in [6.07, 6.45) is 0. The third kappa shape index (κ3) is 2.91. The predicted molar refractivity (Wildman–Crippen MR) is 68.8 cm³/mol. The number of hydrogen-bond donors (Lipinski definition) is 1. The Morgan fingerprint density at radius 2 is 2.22 bits per heavy atom. The zero-order chi connectivity index (χ0) is 13.1. The lowest BCUT2D eigenvalue weighted by Crippen LogP contribution is -2.24. The summed E-state index contributed by atoms with van der Waals surface area (Å²) in [5.74, 6) is 0.206. The molecule has 2 rings (SSSR count). The fraction of sp³-hybridized carbons (Fsp3) is 0.364. The molecule has 0 fully saturated rings. The molecule has 1 aromatic heterocycles. The van der Waals surface area contributed by atoms with Crippen LogP contribution in [-0.2, 0) is 6.54 Å². The quantitative estimate of drug-likeness (QED) is 0.938. The summed E-state index contributed by atoms with van der Waals surface area (Å²) in [5.41, 5.74) is 0.329. The number of nitrogens with one attached hydrogen (secondary N) is 1. The van der Waals surface area contributed by atoms with E-state index in [-0.39, 0.29) is 5.82 Å². The van der Waals surface area contributed by atoms with Gasteiger partial charge >= 0.3 is 0 Å². The first-order chi connectivity index (χ1) is 8.58. The van der Waals surface area contributed by atoms with E-state index in [9.17, 15) is 4.39 Å². The molecule has 2 aromatic rings. The molecule has 0 saturated carbocycles. The van der Waals surface area contributed by atoms with Crippen molar-refractivity contribution in [3.05, 3.63) is 34.3 Å². The van der Waals surface area contributed by atoms with Crippen LogP contribution in [-0.4, -0.2) is 26.2 Å². The zero-order valence-corrected chi connectivity index (χ0v) is 11.6. The maximum atomic E-state index is 13.8. The van der Waals surface area contributed by atoms with Crippen molar-refractivity contribution >= 4 is 15.9 Å². The minimum atomic E-state index is -0.365. The summed E-state index contributed by atoms with van der Waals surface area (Å²) in [7, 11) is 0.